The first kappa shape index (κ1) is 13.5. The van der Waals surface area contributed by atoms with Crippen LogP contribution in [-0.4, -0.2) is 26.3 Å². The van der Waals surface area contributed by atoms with E-state index in [-0.39, 0.29) is 11.9 Å². The van der Waals surface area contributed by atoms with Crippen LogP contribution in [0.25, 0.3) is 0 Å². The zero-order valence-corrected chi connectivity index (χ0v) is 10.4. The fourth-order valence-electron chi connectivity index (χ4n) is 1.68. The van der Waals surface area contributed by atoms with Gasteiger partial charge in [0.15, 0.2) is 0 Å². The largest absolute Gasteiger partial charge is 0.383 e. The second kappa shape index (κ2) is 6.21. The van der Waals surface area contributed by atoms with Gasteiger partial charge in [0.2, 0.25) is 0 Å². The number of hydrogen-bond acceptors (Lipinski definition) is 3. The maximum Gasteiger partial charge on any atom is 0.126 e. The molecule has 0 spiro atoms. The van der Waals surface area contributed by atoms with E-state index in [2.05, 4.69) is 0 Å². The number of anilines is 1. The number of halogens is 1. The molecule has 92 valence electrons. The van der Waals surface area contributed by atoms with Crippen LogP contribution in [0.1, 0.15) is 19.4 Å². The number of benzene rings is 1. The maximum absolute atomic E-state index is 13.4. The summed E-state index contributed by atoms with van der Waals surface area (Å²) in [5.74, 6) is -0.387. The zero-order valence-electron chi connectivity index (χ0n) is 10.4. The fourth-order valence-corrected chi connectivity index (χ4v) is 1.68. The van der Waals surface area contributed by atoms with Crippen molar-refractivity contribution in [1.82, 2.24) is 0 Å². The minimum atomic E-state index is -0.387. The minimum absolute atomic E-state index is 0.221. The number of rotatable bonds is 5. The van der Waals surface area contributed by atoms with Crippen molar-refractivity contribution in [2.24, 2.45) is 0 Å². The molecule has 0 heterocycles. The molecule has 0 bridgehead atoms. The molecule has 4 heteroatoms. The molecule has 0 aromatic heterocycles. The highest BCUT2D eigenvalue weighted by Crippen LogP contribution is 2.20. The molecule has 1 aromatic rings. The molecule has 0 atom stereocenters. The Hall–Kier alpha value is -1.60. The molecular weight excluding hydrogens is 219 g/mol. The predicted molar refractivity (Wildman–Crippen MR) is 65.5 cm³/mol. The number of ether oxygens (including phenoxy) is 1. The molecule has 3 nitrogen and oxygen atoms in total. The van der Waals surface area contributed by atoms with Crippen molar-refractivity contribution < 1.29 is 9.13 Å². The van der Waals surface area contributed by atoms with Gasteiger partial charge in [0, 0.05) is 25.4 Å². The number of methoxy groups -OCH3 is 1. The summed E-state index contributed by atoms with van der Waals surface area (Å²) in [6.45, 7) is 5.28. The molecule has 0 saturated carbocycles. The van der Waals surface area contributed by atoms with Gasteiger partial charge in [-0.25, -0.2) is 4.39 Å². The lowest BCUT2D eigenvalue weighted by Crippen LogP contribution is -2.33. The molecule has 0 unspecified atom stereocenters. The lowest BCUT2D eigenvalue weighted by atomic mass is 10.1. The second-order valence-corrected chi connectivity index (χ2v) is 4.09. The Balaban J connectivity index is 3.01. The van der Waals surface area contributed by atoms with Crippen LogP contribution in [0.3, 0.4) is 0 Å². The van der Waals surface area contributed by atoms with Crippen LogP contribution in [-0.2, 0) is 4.74 Å². The molecular formula is C13H17FN2O. The van der Waals surface area contributed by atoms with Gasteiger partial charge < -0.3 is 9.64 Å². The van der Waals surface area contributed by atoms with Gasteiger partial charge in [0.05, 0.1) is 18.2 Å². The van der Waals surface area contributed by atoms with Gasteiger partial charge in [0.1, 0.15) is 5.82 Å². The monoisotopic (exact) mass is 236 g/mol. The van der Waals surface area contributed by atoms with E-state index in [4.69, 9.17) is 10.00 Å². The van der Waals surface area contributed by atoms with Crippen LogP contribution in [0, 0.1) is 17.1 Å². The van der Waals surface area contributed by atoms with Gasteiger partial charge in [0.25, 0.3) is 0 Å². The van der Waals surface area contributed by atoms with Gasteiger partial charge in [-0.15, -0.1) is 0 Å². The van der Waals surface area contributed by atoms with Crippen molar-refractivity contribution in [2.75, 3.05) is 25.2 Å². The minimum Gasteiger partial charge on any atom is -0.383 e. The number of nitrogens with zero attached hydrogens (tertiary/aromatic N) is 2. The van der Waals surface area contributed by atoms with E-state index < -0.39 is 0 Å². The van der Waals surface area contributed by atoms with Crippen molar-refractivity contribution in [1.29, 1.82) is 5.26 Å². The lowest BCUT2D eigenvalue weighted by molar-refractivity contribution is 0.204. The highest BCUT2D eigenvalue weighted by Gasteiger charge is 2.12. The summed E-state index contributed by atoms with van der Waals surface area (Å²) < 4.78 is 18.4. The standard InChI is InChI=1S/C13H17FN2O/c1-10(2)16(4-5-17-3)13-7-11(9-15)6-12(14)8-13/h6-8,10H,4-5H2,1-3H3. The Morgan fingerprint density at radius 2 is 2.12 bits per heavy atom. The summed E-state index contributed by atoms with van der Waals surface area (Å²) in [4.78, 5) is 2.01. The molecule has 0 radical (unpaired) electrons. The number of nitriles is 1. The second-order valence-electron chi connectivity index (χ2n) is 4.09. The van der Waals surface area contributed by atoms with Crippen LogP contribution < -0.4 is 4.90 Å². The zero-order chi connectivity index (χ0) is 12.8. The van der Waals surface area contributed by atoms with Gasteiger partial charge >= 0.3 is 0 Å². The highest BCUT2D eigenvalue weighted by atomic mass is 19.1. The third-order valence-electron chi connectivity index (χ3n) is 2.50. The Kier molecular flexibility index (Phi) is 4.92. The van der Waals surface area contributed by atoms with Crippen molar-refractivity contribution >= 4 is 5.69 Å². The summed E-state index contributed by atoms with van der Waals surface area (Å²) >= 11 is 0. The van der Waals surface area contributed by atoms with Crippen molar-refractivity contribution in [3.63, 3.8) is 0 Å². The molecule has 0 aliphatic heterocycles. The molecule has 0 aliphatic rings. The highest BCUT2D eigenvalue weighted by molar-refractivity contribution is 5.52. The molecule has 1 aromatic carbocycles. The van der Waals surface area contributed by atoms with Crippen LogP contribution in [0.4, 0.5) is 10.1 Å². The van der Waals surface area contributed by atoms with Crippen LogP contribution in [0.15, 0.2) is 18.2 Å². The molecule has 1 rings (SSSR count). The van der Waals surface area contributed by atoms with E-state index in [1.807, 2.05) is 24.8 Å². The quantitative estimate of drug-likeness (QED) is 0.788. The van der Waals surface area contributed by atoms with Gasteiger partial charge in [-0.3, -0.25) is 0 Å². The van der Waals surface area contributed by atoms with Gasteiger partial charge in [-0.2, -0.15) is 5.26 Å². The lowest BCUT2D eigenvalue weighted by Gasteiger charge is -2.28. The summed E-state index contributed by atoms with van der Waals surface area (Å²) in [5.41, 5.74) is 1.05. The summed E-state index contributed by atoms with van der Waals surface area (Å²) in [5, 5.41) is 8.82. The Bertz CT molecular complexity index is 412. The van der Waals surface area contributed by atoms with Crippen molar-refractivity contribution in [3.05, 3.63) is 29.6 Å². The summed E-state index contributed by atoms with van der Waals surface area (Å²) in [6.07, 6.45) is 0. The average molecular weight is 236 g/mol. The molecule has 17 heavy (non-hydrogen) atoms. The summed E-state index contributed by atoms with van der Waals surface area (Å²) in [6, 6.07) is 6.55. The van der Waals surface area contributed by atoms with Crippen LogP contribution >= 0.6 is 0 Å². The molecule has 0 saturated heterocycles. The first-order valence-corrected chi connectivity index (χ1v) is 5.54. The Morgan fingerprint density at radius 3 is 2.65 bits per heavy atom. The van der Waals surface area contributed by atoms with Crippen LogP contribution in [0.2, 0.25) is 0 Å². The van der Waals surface area contributed by atoms with Crippen LogP contribution in [0.5, 0.6) is 0 Å². The first-order valence-electron chi connectivity index (χ1n) is 5.54. The van der Waals surface area contributed by atoms with E-state index in [9.17, 15) is 4.39 Å². The van der Waals surface area contributed by atoms with Gasteiger partial charge in [-0.1, -0.05) is 0 Å². The fraction of sp³-hybridized carbons (Fsp3) is 0.462. The molecule has 0 aliphatic carbocycles. The smallest absolute Gasteiger partial charge is 0.126 e. The predicted octanol–water partition coefficient (Wildman–Crippen LogP) is 2.56. The molecule has 0 fully saturated rings. The Labute approximate surface area is 101 Å². The van der Waals surface area contributed by atoms with Crippen molar-refractivity contribution in [2.45, 2.75) is 19.9 Å². The van der Waals surface area contributed by atoms with E-state index in [1.165, 1.54) is 12.1 Å². The van der Waals surface area contributed by atoms with E-state index in [0.29, 0.717) is 24.4 Å². The topological polar surface area (TPSA) is 36.3 Å². The maximum atomic E-state index is 13.4. The van der Waals surface area contributed by atoms with E-state index >= 15 is 0 Å². The summed E-state index contributed by atoms with van der Waals surface area (Å²) in [7, 11) is 1.63. The van der Waals surface area contributed by atoms with E-state index in [1.54, 1.807) is 13.2 Å². The Morgan fingerprint density at radius 1 is 1.41 bits per heavy atom. The normalized spacial score (nSPS) is 10.4. The average Bonchev–Trinajstić information content (AvgIpc) is 2.28. The SMILES string of the molecule is COCCN(c1cc(F)cc(C#N)c1)C(C)C. The van der Waals surface area contributed by atoms with Crippen molar-refractivity contribution in [3.8, 4) is 6.07 Å². The van der Waals surface area contributed by atoms with E-state index in [0.717, 1.165) is 0 Å². The molecule has 0 amide bonds. The molecule has 0 N–H and O–H groups in total. The third kappa shape index (κ3) is 3.72. The first-order chi connectivity index (χ1) is 8.08. The van der Waals surface area contributed by atoms with Gasteiger partial charge in [-0.05, 0) is 32.0 Å². The third-order valence-corrected chi connectivity index (χ3v) is 2.50. The number of hydrogen-bond donors (Lipinski definition) is 0.